The number of nitrogens with zero attached hydrogens (tertiary/aromatic N) is 1. The van der Waals surface area contributed by atoms with E-state index in [1.54, 1.807) is 37.3 Å². The maximum absolute atomic E-state index is 12.1. The van der Waals surface area contributed by atoms with Gasteiger partial charge in [-0.1, -0.05) is 30.3 Å². The van der Waals surface area contributed by atoms with Crippen molar-refractivity contribution in [1.82, 2.24) is 0 Å². The third-order valence-corrected chi connectivity index (χ3v) is 2.76. The Labute approximate surface area is 105 Å². The van der Waals surface area contributed by atoms with Gasteiger partial charge in [-0.05, 0) is 6.92 Å². The van der Waals surface area contributed by atoms with Crippen molar-refractivity contribution >= 4 is 17.4 Å². The van der Waals surface area contributed by atoms with Crippen molar-refractivity contribution in [2.75, 3.05) is 0 Å². The van der Waals surface area contributed by atoms with Crippen LogP contribution in [0.1, 0.15) is 30.6 Å². The molecule has 2 atom stereocenters. The number of carbonyl (C=O) groups excluding carboxylic acids is 1. The van der Waals surface area contributed by atoms with Crippen LogP contribution >= 0.6 is 11.6 Å². The molecular formula is C12H14ClNO3. The molecule has 0 aliphatic rings. The molecule has 0 aliphatic heterocycles. The van der Waals surface area contributed by atoms with Gasteiger partial charge in [0.2, 0.25) is 5.78 Å². The summed E-state index contributed by atoms with van der Waals surface area (Å²) in [6.07, 6.45) is 0.00921. The van der Waals surface area contributed by atoms with E-state index in [-0.39, 0.29) is 6.42 Å². The van der Waals surface area contributed by atoms with E-state index in [0.29, 0.717) is 5.56 Å². The van der Waals surface area contributed by atoms with E-state index >= 15 is 0 Å². The summed E-state index contributed by atoms with van der Waals surface area (Å²) >= 11 is 5.78. The molecule has 2 unspecified atom stereocenters. The molecule has 17 heavy (non-hydrogen) atoms. The van der Waals surface area contributed by atoms with Gasteiger partial charge in [-0.3, -0.25) is 14.9 Å². The van der Waals surface area contributed by atoms with E-state index in [1.807, 2.05) is 0 Å². The summed E-state index contributed by atoms with van der Waals surface area (Å²) in [7, 11) is 0. The van der Waals surface area contributed by atoms with E-state index in [9.17, 15) is 14.9 Å². The lowest BCUT2D eigenvalue weighted by Crippen LogP contribution is -2.45. The van der Waals surface area contributed by atoms with Gasteiger partial charge in [-0.15, -0.1) is 11.6 Å². The van der Waals surface area contributed by atoms with Gasteiger partial charge in [0, 0.05) is 29.2 Å². The van der Waals surface area contributed by atoms with E-state index in [1.165, 1.54) is 6.92 Å². The van der Waals surface area contributed by atoms with Gasteiger partial charge in [0.05, 0.1) is 0 Å². The van der Waals surface area contributed by atoms with Crippen LogP contribution in [0.25, 0.3) is 0 Å². The first-order valence-corrected chi connectivity index (χ1v) is 5.70. The zero-order chi connectivity index (χ0) is 13.1. The predicted octanol–water partition coefficient (Wildman–Crippen LogP) is 2.92. The zero-order valence-corrected chi connectivity index (χ0v) is 10.5. The smallest absolute Gasteiger partial charge is 0.282 e. The van der Waals surface area contributed by atoms with Crippen molar-refractivity contribution in [2.45, 2.75) is 31.2 Å². The number of ketones is 1. The average Bonchev–Trinajstić information content (AvgIpc) is 2.28. The van der Waals surface area contributed by atoms with Gasteiger partial charge in [0.1, 0.15) is 0 Å². The molecule has 1 aromatic carbocycles. The zero-order valence-electron chi connectivity index (χ0n) is 9.72. The Hall–Kier alpha value is -1.42. The summed E-state index contributed by atoms with van der Waals surface area (Å²) in [5.74, 6) is -0.504. The second-order valence-electron chi connectivity index (χ2n) is 4.21. The molecule has 0 saturated heterocycles. The number of hydrogen-bond acceptors (Lipinski definition) is 3. The van der Waals surface area contributed by atoms with Gasteiger partial charge in [0.15, 0.2) is 0 Å². The highest BCUT2D eigenvalue weighted by atomic mass is 35.5. The SMILES string of the molecule is CC(Cl)CC(C)(C(=O)c1ccccc1)[N+](=O)[O-]. The molecular weight excluding hydrogens is 242 g/mol. The molecule has 0 amide bonds. The van der Waals surface area contributed by atoms with Crippen LogP contribution in [-0.2, 0) is 0 Å². The van der Waals surface area contributed by atoms with E-state index in [2.05, 4.69) is 0 Å². The van der Waals surface area contributed by atoms with Crippen LogP contribution in [0.3, 0.4) is 0 Å². The third kappa shape index (κ3) is 3.03. The van der Waals surface area contributed by atoms with Crippen molar-refractivity contribution in [3.8, 4) is 0 Å². The largest absolute Gasteiger partial charge is 0.286 e. The Kier molecular flexibility index (Phi) is 4.23. The van der Waals surface area contributed by atoms with Crippen molar-refractivity contribution in [1.29, 1.82) is 0 Å². The van der Waals surface area contributed by atoms with E-state index < -0.39 is 21.6 Å². The standard InChI is InChI=1S/C12H14ClNO3/c1-9(13)8-12(2,14(16)17)11(15)10-6-4-3-5-7-10/h3-7,9H,8H2,1-2H3. The first-order chi connectivity index (χ1) is 7.88. The fraction of sp³-hybridized carbons (Fsp3) is 0.417. The molecule has 0 spiro atoms. The number of halogens is 1. The monoisotopic (exact) mass is 255 g/mol. The van der Waals surface area contributed by atoms with Crippen LogP contribution in [0, 0.1) is 10.1 Å². The van der Waals surface area contributed by atoms with Crippen LogP contribution in [0.2, 0.25) is 0 Å². The van der Waals surface area contributed by atoms with Crippen molar-refractivity contribution in [3.63, 3.8) is 0 Å². The lowest BCUT2D eigenvalue weighted by atomic mass is 9.87. The molecule has 5 heteroatoms. The van der Waals surface area contributed by atoms with Crippen LogP contribution in [0.5, 0.6) is 0 Å². The molecule has 92 valence electrons. The Balaban J connectivity index is 3.08. The molecule has 1 rings (SSSR count). The van der Waals surface area contributed by atoms with Crippen LogP contribution in [0.4, 0.5) is 0 Å². The minimum absolute atomic E-state index is 0.00921. The molecule has 0 aromatic heterocycles. The fourth-order valence-electron chi connectivity index (χ4n) is 1.70. The van der Waals surface area contributed by atoms with Crippen LogP contribution in [-0.4, -0.2) is 21.6 Å². The maximum atomic E-state index is 12.1. The normalized spacial score (nSPS) is 15.9. The third-order valence-electron chi connectivity index (χ3n) is 2.61. The lowest BCUT2D eigenvalue weighted by Gasteiger charge is -2.20. The minimum atomic E-state index is -1.66. The number of alkyl halides is 1. The van der Waals surface area contributed by atoms with Crippen molar-refractivity contribution in [3.05, 3.63) is 46.0 Å². The fourth-order valence-corrected chi connectivity index (χ4v) is 2.00. The van der Waals surface area contributed by atoms with E-state index in [0.717, 1.165) is 0 Å². The molecule has 0 saturated carbocycles. The summed E-state index contributed by atoms with van der Waals surface area (Å²) in [4.78, 5) is 22.7. The average molecular weight is 256 g/mol. The molecule has 0 heterocycles. The number of benzene rings is 1. The lowest BCUT2D eigenvalue weighted by molar-refractivity contribution is -0.546. The highest BCUT2D eigenvalue weighted by molar-refractivity contribution is 6.20. The Morgan fingerprint density at radius 1 is 1.47 bits per heavy atom. The topological polar surface area (TPSA) is 60.2 Å². The molecule has 0 bridgehead atoms. The molecule has 0 radical (unpaired) electrons. The molecule has 4 nitrogen and oxygen atoms in total. The summed E-state index contributed by atoms with van der Waals surface area (Å²) in [6.45, 7) is 2.96. The van der Waals surface area contributed by atoms with Crippen LogP contribution < -0.4 is 0 Å². The molecule has 0 fully saturated rings. The quantitative estimate of drug-likeness (QED) is 0.352. The van der Waals surface area contributed by atoms with Gasteiger partial charge in [-0.2, -0.15) is 0 Å². The molecule has 0 aliphatic carbocycles. The number of carbonyl (C=O) groups is 1. The Morgan fingerprint density at radius 3 is 2.41 bits per heavy atom. The molecule has 1 aromatic rings. The Morgan fingerprint density at radius 2 is 2.00 bits per heavy atom. The van der Waals surface area contributed by atoms with Gasteiger partial charge < -0.3 is 0 Å². The van der Waals surface area contributed by atoms with Gasteiger partial charge >= 0.3 is 0 Å². The number of Topliss-reactive ketones (excluding diaryl/α,β-unsaturated/α-hetero) is 1. The highest BCUT2D eigenvalue weighted by Crippen LogP contribution is 2.24. The number of nitro groups is 1. The summed E-state index contributed by atoms with van der Waals surface area (Å²) in [5.41, 5.74) is -1.33. The van der Waals surface area contributed by atoms with Crippen LogP contribution in [0.15, 0.2) is 30.3 Å². The minimum Gasteiger partial charge on any atom is -0.286 e. The number of rotatable bonds is 5. The van der Waals surface area contributed by atoms with Gasteiger partial charge in [-0.25, -0.2) is 0 Å². The highest BCUT2D eigenvalue weighted by Gasteiger charge is 2.46. The Bertz CT molecular complexity index is 419. The first-order valence-electron chi connectivity index (χ1n) is 5.26. The predicted molar refractivity (Wildman–Crippen MR) is 66.1 cm³/mol. The van der Waals surface area contributed by atoms with Crippen molar-refractivity contribution < 1.29 is 9.72 Å². The van der Waals surface area contributed by atoms with E-state index in [4.69, 9.17) is 11.6 Å². The second kappa shape index (κ2) is 5.27. The molecule has 0 N–H and O–H groups in total. The van der Waals surface area contributed by atoms with Crippen molar-refractivity contribution in [2.24, 2.45) is 0 Å². The summed E-state index contributed by atoms with van der Waals surface area (Å²) < 4.78 is 0. The summed E-state index contributed by atoms with van der Waals surface area (Å²) in [6, 6.07) is 8.26. The van der Waals surface area contributed by atoms with Gasteiger partial charge in [0.25, 0.3) is 5.54 Å². The second-order valence-corrected chi connectivity index (χ2v) is 4.96. The maximum Gasteiger partial charge on any atom is 0.282 e. The summed E-state index contributed by atoms with van der Waals surface area (Å²) in [5, 5.41) is 10.7. The first kappa shape index (κ1) is 13.6. The number of hydrogen-bond donors (Lipinski definition) is 0.